The lowest BCUT2D eigenvalue weighted by Crippen LogP contribution is -2.01. The maximum atomic E-state index is 12.2. The van der Waals surface area contributed by atoms with Crippen LogP contribution in [0, 0.1) is 11.8 Å². The van der Waals surface area contributed by atoms with Crippen LogP contribution >= 0.6 is 0 Å². The van der Waals surface area contributed by atoms with Gasteiger partial charge in [-0.1, -0.05) is 54.3 Å². The third-order valence-corrected chi connectivity index (χ3v) is 3.15. The van der Waals surface area contributed by atoms with Gasteiger partial charge in [0.2, 0.25) is 0 Å². The molecule has 0 saturated heterocycles. The number of carbonyl (C=O) groups excluding carboxylic acids is 1. The number of rotatable bonds is 5. The molecule has 0 heterocycles. The van der Waals surface area contributed by atoms with Gasteiger partial charge in [-0.2, -0.15) is 0 Å². The number of allylic oxidation sites excluding steroid dienone is 1. The van der Waals surface area contributed by atoms with Crippen LogP contribution in [0.15, 0.2) is 67.3 Å². The van der Waals surface area contributed by atoms with Crippen molar-refractivity contribution in [3.63, 3.8) is 0 Å². The van der Waals surface area contributed by atoms with E-state index >= 15 is 0 Å². The minimum Gasteiger partial charge on any atom is -0.294 e. The molecule has 0 aliphatic carbocycles. The van der Waals surface area contributed by atoms with Gasteiger partial charge in [-0.15, -0.1) is 6.58 Å². The van der Waals surface area contributed by atoms with Crippen LogP contribution in [0.25, 0.3) is 0 Å². The van der Waals surface area contributed by atoms with Crippen LogP contribution in [-0.2, 0) is 0 Å². The van der Waals surface area contributed by atoms with Gasteiger partial charge < -0.3 is 0 Å². The van der Waals surface area contributed by atoms with E-state index in [-0.39, 0.29) is 5.78 Å². The second-order valence-electron chi connectivity index (χ2n) is 4.77. The number of benzene rings is 2. The molecule has 2 aromatic rings. The average Bonchev–Trinajstić information content (AvgIpc) is 2.54. The number of ketones is 1. The molecule has 0 bridgehead atoms. The lowest BCUT2D eigenvalue weighted by Gasteiger charge is -2.03. The minimum atomic E-state index is 0.148. The Hall–Kier alpha value is -2.59. The van der Waals surface area contributed by atoms with E-state index in [9.17, 15) is 4.79 Å². The van der Waals surface area contributed by atoms with Crippen LogP contribution in [0.2, 0.25) is 0 Å². The predicted molar refractivity (Wildman–Crippen MR) is 87.2 cm³/mol. The van der Waals surface area contributed by atoms with Crippen LogP contribution in [0.5, 0.6) is 0 Å². The molecule has 1 nitrogen and oxygen atoms in total. The zero-order chi connectivity index (χ0) is 14.9. The summed E-state index contributed by atoms with van der Waals surface area (Å²) >= 11 is 0. The molecule has 2 aromatic carbocycles. The molecule has 0 spiro atoms. The Morgan fingerprint density at radius 1 is 1.00 bits per heavy atom. The molecule has 21 heavy (non-hydrogen) atoms. The molecular formula is C20H18O. The van der Waals surface area contributed by atoms with Crippen LogP contribution < -0.4 is 0 Å². The van der Waals surface area contributed by atoms with E-state index in [0.717, 1.165) is 24.0 Å². The van der Waals surface area contributed by atoms with Gasteiger partial charge in [-0.25, -0.2) is 0 Å². The molecule has 104 valence electrons. The summed E-state index contributed by atoms with van der Waals surface area (Å²) in [7, 11) is 0. The normalized spacial score (nSPS) is 9.52. The first-order valence-corrected chi connectivity index (χ1v) is 7.11. The van der Waals surface area contributed by atoms with E-state index < -0.39 is 0 Å². The Labute approximate surface area is 126 Å². The quantitative estimate of drug-likeness (QED) is 0.336. The van der Waals surface area contributed by atoms with Gasteiger partial charge in [0.05, 0.1) is 0 Å². The molecule has 0 saturated carbocycles. The fourth-order valence-electron chi connectivity index (χ4n) is 2.04. The van der Waals surface area contributed by atoms with Gasteiger partial charge in [-0.05, 0) is 31.0 Å². The van der Waals surface area contributed by atoms with E-state index in [0.29, 0.717) is 12.0 Å². The molecule has 0 aliphatic rings. The highest BCUT2D eigenvalue weighted by atomic mass is 16.1. The number of hydrogen-bond donors (Lipinski definition) is 0. The highest BCUT2D eigenvalue weighted by molar-refractivity contribution is 5.98. The molecule has 0 aromatic heterocycles. The summed E-state index contributed by atoms with van der Waals surface area (Å²) < 4.78 is 0. The summed E-state index contributed by atoms with van der Waals surface area (Å²) in [6, 6.07) is 17.3. The van der Waals surface area contributed by atoms with E-state index in [1.54, 1.807) is 0 Å². The van der Waals surface area contributed by atoms with Crippen molar-refractivity contribution >= 4 is 5.78 Å². The molecular weight excluding hydrogens is 256 g/mol. The maximum Gasteiger partial charge on any atom is 0.164 e. The molecule has 0 atom stereocenters. The van der Waals surface area contributed by atoms with Crippen molar-refractivity contribution in [3.8, 4) is 11.8 Å². The summed E-state index contributed by atoms with van der Waals surface area (Å²) in [6.45, 7) is 3.68. The Bertz CT molecular complexity index is 672. The Kier molecular flexibility index (Phi) is 5.55. The Morgan fingerprint density at radius 2 is 1.71 bits per heavy atom. The Balaban J connectivity index is 2.19. The van der Waals surface area contributed by atoms with Crippen molar-refractivity contribution < 1.29 is 4.79 Å². The fourth-order valence-corrected chi connectivity index (χ4v) is 2.04. The first-order valence-electron chi connectivity index (χ1n) is 7.11. The molecule has 0 aliphatic heterocycles. The summed E-state index contributed by atoms with van der Waals surface area (Å²) in [5.74, 6) is 6.36. The summed E-state index contributed by atoms with van der Waals surface area (Å²) in [5, 5.41) is 0. The maximum absolute atomic E-state index is 12.2. The molecule has 0 fully saturated rings. The predicted octanol–water partition coefficient (Wildman–Crippen LogP) is 4.63. The minimum absolute atomic E-state index is 0.148. The molecule has 0 unspecified atom stereocenters. The SMILES string of the molecule is C=CCCCC(=O)c1ccccc1C#Cc1ccccc1. The fraction of sp³-hybridized carbons (Fsp3) is 0.150. The lowest BCUT2D eigenvalue weighted by molar-refractivity contribution is 0.0980. The lowest BCUT2D eigenvalue weighted by atomic mass is 10.00. The van der Waals surface area contributed by atoms with Crippen molar-refractivity contribution in [2.45, 2.75) is 19.3 Å². The monoisotopic (exact) mass is 274 g/mol. The molecule has 0 N–H and O–H groups in total. The molecule has 0 amide bonds. The van der Waals surface area contributed by atoms with Crippen LogP contribution in [0.1, 0.15) is 40.7 Å². The highest BCUT2D eigenvalue weighted by Crippen LogP contribution is 2.12. The topological polar surface area (TPSA) is 17.1 Å². The van der Waals surface area contributed by atoms with Crippen LogP contribution in [0.3, 0.4) is 0 Å². The van der Waals surface area contributed by atoms with Crippen molar-refractivity contribution in [2.24, 2.45) is 0 Å². The van der Waals surface area contributed by atoms with E-state index in [4.69, 9.17) is 0 Å². The highest BCUT2D eigenvalue weighted by Gasteiger charge is 2.08. The van der Waals surface area contributed by atoms with Gasteiger partial charge >= 0.3 is 0 Å². The van der Waals surface area contributed by atoms with E-state index in [2.05, 4.69) is 18.4 Å². The standard InChI is InChI=1S/C20H18O/c1-2-3-5-14-20(21)19-13-9-8-12-18(19)16-15-17-10-6-4-7-11-17/h2,4,6-13H,1,3,5,14H2. The second kappa shape index (κ2) is 7.87. The smallest absolute Gasteiger partial charge is 0.164 e. The van der Waals surface area contributed by atoms with Gasteiger partial charge in [-0.3, -0.25) is 4.79 Å². The van der Waals surface area contributed by atoms with Gasteiger partial charge in [0, 0.05) is 23.1 Å². The van der Waals surface area contributed by atoms with Gasteiger partial charge in [0.15, 0.2) is 5.78 Å². The molecule has 2 rings (SSSR count). The summed E-state index contributed by atoms with van der Waals surface area (Å²) in [4.78, 5) is 12.2. The average molecular weight is 274 g/mol. The van der Waals surface area contributed by atoms with Crippen molar-refractivity contribution in [1.29, 1.82) is 0 Å². The second-order valence-corrected chi connectivity index (χ2v) is 4.77. The van der Waals surface area contributed by atoms with E-state index in [1.807, 2.05) is 60.7 Å². The van der Waals surface area contributed by atoms with Crippen molar-refractivity contribution in [1.82, 2.24) is 0 Å². The largest absolute Gasteiger partial charge is 0.294 e. The van der Waals surface area contributed by atoms with Crippen LogP contribution in [0.4, 0.5) is 0 Å². The first-order chi connectivity index (χ1) is 10.3. The molecule has 1 heteroatoms. The molecule has 0 radical (unpaired) electrons. The third kappa shape index (κ3) is 4.47. The third-order valence-electron chi connectivity index (χ3n) is 3.15. The zero-order valence-electron chi connectivity index (χ0n) is 12.0. The zero-order valence-corrected chi connectivity index (χ0v) is 12.0. The van der Waals surface area contributed by atoms with Gasteiger partial charge in [0.25, 0.3) is 0 Å². The number of carbonyl (C=O) groups is 1. The van der Waals surface area contributed by atoms with Crippen molar-refractivity contribution in [2.75, 3.05) is 0 Å². The summed E-state index contributed by atoms with van der Waals surface area (Å²) in [6.07, 6.45) is 4.08. The summed E-state index contributed by atoms with van der Waals surface area (Å²) in [5.41, 5.74) is 2.46. The first kappa shape index (κ1) is 14.8. The number of hydrogen-bond acceptors (Lipinski definition) is 1. The number of Topliss-reactive ketones (excluding diaryl/α,β-unsaturated/α-hetero) is 1. The number of unbranched alkanes of at least 4 members (excludes halogenated alkanes) is 1. The van der Waals surface area contributed by atoms with Crippen LogP contribution in [-0.4, -0.2) is 5.78 Å². The van der Waals surface area contributed by atoms with E-state index in [1.165, 1.54) is 0 Å². The Morgan fingerprint density at radius 3 is 2.48 bits per heavy atom. The van der Waals surface area contributed by atoms with Crippen molar-refractivity contribution in [3.05, 3.63) is 83.9 Å². The van der Waals surface area contributed by atoms with Gasteiger partial charge in [0.1, 0.15) is 0 Å².